The number of benzene rings is 1. The van der Waals surface area contributed by atoms with Crippen LogP contribution in [0.3, 0.4) is 0 Å². The molecule has 1 N–H and O–H groups in total. The number of aryl methyl sites for hydroxylation is 1. The van der Waals surface area contributed by atoms with E-state index in [1.165, 1.54) is 22.2 Å². The van der Waals surface area contributed by atoms with E-state index in [-0.39, 0.29) is 0 Å². The molecule has 0 saturated carbocycles. The molecule has 5 heteroatoms. The van der Waals surface area contributed by atoms with E-state index in [9.17, 15) is 0 Å². The molecule has 3 aromatic rings. The first-order valence-electron chi connectivity index (χ1n) is 7.71. The lowest BCUT2D eigenvalue weighted by molar-refractivity contribution is 0.245. The lowest BCUT2D eigenvalue weighted by Gasteiger charge is -2.26. The summed E-state index contributed by atoms with van der Waals surface area (Å²) in [5.41, 5.74) is 5.59. The third-order valence-corrected chi connectivity index (χ3v) is 4.94. The van der Waals surface area contributed by atoms with Crippen LogP contribution in [-0.2, 0) is 26.6 Å². The Morgan fingerprint density at radius 1 is 1.39 bits per heavy atom. The molecule has 0 aliphatic carbocycles. The lowest BCUT2D eigenvalue weighted by Crippen LogP contribution is -2.29. The second-order valence-electron chi connectivity index (χ2n) is 6.16. The van der Waals surface area contributed by atoms with Gasteiger partial charge in [-0.1, -0.05) is 23.7 Å². The summed E-state index contributed by atoms with van der Waals surface area (Å²) in [6, 6.07) is 10.3. The number of nitriles is 1. The number of nitrogens with one attached hydrogen (secondary N) is 1. The van der Waals surface area contributed by atoms with Gasteiger partial charge in [0, 0.05) is 50.4 Å². The number of nitrogens with zero attached hydrogens (tertiary/aromatic N) is 3. The van der Waals surface area contributed by atoms with E-state index in [1.807, 2.05) is 36.0 Å². The first kappa shape index (κ1) is 14.4. The molecule has 1 aliphatic rings. The predicted octanol–water partition coefficient (Wildman–Crippen LogP) is 3.59. The highest BCUT2D eigenvalue weighted by Crippen LogP contribution is 2.32. The van der Waals surface area contributed by atoms with Crippen LogP contribution in [0.2, 0.25) is 5.02 Å². The zero-order chi connectivity index (χ0) is 16.0. The summed E-state index contributed by atoms with van der Waals surface area (Å²) in [7, 11) is 1.91. The van der Waals surface area contributed by atoms with Crippen LogP contribution < -0.4 is 0 Å². The van der Waals surface area contributed by atoms with Crippen molar-refractivity contribution in [2.45, 2.75) is 19.5 Å². The van der Waals surface area contributed by atoms with Crippen LogP contribution in [0.1, 0.15) is 22.5 Å². The first-order valence-corrected chi connectivity index (χ1v) is 8.09. The summed E-state index contributed by atoms with van der Waals surface area (Å²) < 4.78 is 1.89. The van der Waals surface area contributed by atoms with Gasteiger partial charge in [-0.05, 0) is 23.3 Å². The van der Waals surface area contributed by atoms with Crippen molar-refractivity contribution >= 4 is 22.5 Å². The Morgan fingerprint density at radius 2 is 2.26 bits per heavy atom. The molecule has 1 aliphatic heterocycles. The number of halogens is 1. The topological polar surface area (TPSA) is 47.8 Å². The Hall–Kier alpha value is -2.22. The smallest absolute Gasteiger partial charge is 0.120 e. The molecule has 0 amide bonds. The van der Waals surface area contributed by atoms with Crippen molar-refractivity contribution in [1.82, 2.24) is 14.5 Å². The number of rotatable bonds is 2. The highest BCUT2D eigenvalue weighted by atomic mass is 35.5. The molecule has 0 saturated heterocycles. The van der Waals surface area contributed by atoms with Crippen molar-refractivity contribution in [1.29, 1.82) is 5.26 Å². The molecular formula is C18H17ClN4. The summed E-state index contributed by atoms with van der Waals surface area (Å²) in [5.74, 6) is 0. The van der Waals surface area contributed by atoms with E-state index in [0.29, 0.717) is 5.69 Å². The average Bonchev–Trinajstić information content (AvgIpc) is 3.08. The summed E-state index contributed by atoms with van der Waals surface area (Å²) in [4.78, 5) is 5.91. The second-order valence-corrected chi connectivity index (χ2v) is 6.57. The fraction of sp³-hybridized carbons (Fsp3) is 0.278. The van der Waals surface area contributed by atoms with E-state index in [0.717, 1.165) is 36.6 Å². The predicted molar refractivity (Wildman–Crippen MR) is 91.3 cm³/mol. The number of hydrogen-bond donors (Lipinski definition) is 1. The maximum absolute atomic E-state index is 9.08. The molecule has 1 aromatic carbocycles. The third-order valence-electron chi connectivity index (χ3n) is 4.62. The molecule has 0 fully saturated rings. The van der Waals surface area contributed by atoms with Crippen LogP contribution in [0, 0.1) is 11.3 Å². The monoisotopic (exact) mass is 324 g/mol. The molecule has 0 unspecified atom stereocenters. The quantitative estimate of drug-likeness (QED) is 0.783. The van der Waals surface area contributed by atoms with Gasteiger partial charge in [0.1, 0.15) is 11.8 Å². The van der Waals surface area contributed by atoms with Gasteiger partial charge in [0.25, 0.3) is 0 Å². The maximum Gasteiger partial charge on any atom is 0.120 e. The molecule has 4 nitrogen and oxygen atoms in total. The minimum Gasteiger partial charge on any atom is -0.357 e. The fourth-order valence-corrected chi connectivity index (χ4v) is 3.70. The number of hydrogen-bond acceptors (Lipinski definition) is 2. The molecule has 0 atom stereocenters. The summed E-state index contributed by atoms with van der Waals surface area (Å²) in [5, 5.41) is 11.1. The van der Waals surface area contributed by atoms with Crippen molar-refractivity contribution in [2.24, 2.45) is 7.05 Å². The highest BCUT2D eigenvalue weighted by Gasteiger charge is 2.21. The molecule has 2 aromatic heterocycles. The molecule has 0 radical (unpaired) electrons. The van der Waals surface area contributed by atoms with Crippen LogP contribution in [0.15, 0.2) is 30.5 Å². The van der Waals surface area contributed by atoms with Gasteiger partial charge >= 0.3 is 0 Å². The zero-order valence-corrected chi connectivity index (χ0v) is 13.7. The number of aromatic nitrogens is 2. The Bertz CT molecular complexity index is 929. The second kappa shape index (κ2) is 5.45. The molecule has 116 valence electrons. The normalized spacial score (nSPS) is 14.8. The summed E-state index contributed by atoms with van der Waals surface area (Å²) >= 11 is 6.30. The van der Waals surface area contributed by atoms with Crippen molar-refractivity contribution < 1.29 is 0 Å². The van der Waals surface area contributed by atoms with Crippen molar-refractivity contribution in [3.63, 3.8) is 0 Å². The average molecular weight is 325 g/mol. The minimum atomic E-state index is 0.705. The van der Waals surface area contributed by atoms with Gasteiger partial charge in [0.05, 0.1) is 10.5 Å². The van der Waals surface area contributed by atoms with Crippen molar-refractivity contribution in [2.75, 3.05) is 6.54 Å². The van der Waals surface area contributed by atoms with Crippen LogP contribution in [0.5, 0.6) is 0 Å². The van der Waals surface area contributed by atoms with Crippen LogP contribution in [0.25, 0.3) is 10.9 Å². The van der Waals surface area contributed by atoms with Crippen LogP contribution >= 0.6 is 11.6 Å². The van der Waals surface area contributed by atoms with Gasteiger partial charge in [0.15, 0.2) is 0 Å². The van der Waals surface area contributed by atoms with Gasteiger partial charge < -0.3 is 9.55 Å². The Kier molecular flexibility index (Phi) is 3.41. The Morgan fingerprint density at radius 3 is 3.04 bits per heavy atom. The number of para-hydroxylation sites is 1. The van der Waals surface area contributed by atoms with Gasteiger partial charge in [-0.2, -0.15) is 5.26 Å². The molecule has 4 rings (SSSR count). The summed E-state index contributed by atoms with van der Waals surface area (Å²) in [6.07, 6.45) is 3.04. The van der Waals surface area contributed by atoms with E-state index >= 15 is 0 Å². The highest BCUT2D eigenvalue weighted by molar-refractivity contribution is 6.35. The van der Waals surface area contributed by atoms with Gasteiger partial charge in [-0.15, -0.1) is 0 Å². The Balaban J connectivity index is 1.62. The van der Waals surface area contributed by atoms with Crippen LogP contribution in [0.4, 0.5) is 0 Å². The minimum absolute atomic E-state index is 0.705. The molecule has 0 bridgehead atoms. The number of aromatic amines is 1. The van der Waals surface area contributed by atoms with E-state index in [1.54, 1.807) is 0 Å². The number of fused-ring (bicyclic) bond motifs is 3. The largest absolute Gasteiger partial charge is 0.357 e. The van der Waals surface area contributed by atoms with Crippen molar-refractivity contribution in [3.05, 3.63) is 58.0 Å². The lowest BCUT2D eigenvalue weighted by atomic mass is 10.0. The van der Waals surface area contributed by atoms with Gasteiger partial charge in [-0.25, -0.2) is 0 Å². The Labute approximate surface area is 139 Å². The van der Waals surface area contributed by atoms with Gasteiger partial charge in [-0.3, -0.25) is 4.90 Å². The number of H-pyrrole nitrogens is 1. The van der Waals surface area contributed by atoms with E-state index in [2.05, 4.69) is 22.0 Å². The molecule has 3 heterocycles. The van der Waals surface area contributed by atoms with Gasteiger partial charge in [0.2, 0.25) is 0 Å². The maximum atomic E-state index is 9.08. The van der Waals surface area contributed by atoms with E-state index in [4.69, 9.17) is 16.9 Å². The zero-order valence-electron chi connectivity index (χ0n) is 12.9. The van der Waals surface area contributed by atoms with Crippen LogP contribution in [-0.4, -0.2) is 21.0 Å². The molecular weight excluding hydrogens is 308 g/mol. The third kappa shape index (κ3) is 2.42. The molecule has 0 spiro atoms. The summed E-state index contributed by atoms with van der Waals surface area (Å²) in [6.45, 7) is 2.78. The van der Waals surface area contributed by atoms with Crippen molar-refractivity contribution in [3.8, 4) is 6.07 Å². The van der Waals surface area contributed by atoms with E-state index < -0.39 is 0 Å². The SMILES string of the molecule is Cn1cc(CN2CCc3[nH]c4c(Cl)cccc4c3C2)cc1C#N. The first-order chi connectivity index (χ1) is 11.2. The fourth-order valence-electron chi connectivity index (χ4n) is 3.48. The standard InChI is InChI=1S/C18H17ClN4/c1-22-9-12(7-13(22)8-20)10-23-6-5-17-15(11-23)14-3-2-4-16(19)18(14)21-17/h2-4,7,9,21H,5-6,10-11H2,1H3. The molecule has 23 heavy (non-hydrogen) atoms.